The molecule has 0 atom stereocenters. The van der Waals surface area contributed by atoms with Gasteiger partial charge in [-0.15, -0.1) is 11.8 Å². The Balaban J connectivity index is 1.89. The van der Waals surface area contributed by atoms with Crippen molar-refractivity contribution in [1.29, 1.82) is 0 Å². The van der Waals surface area contributed by atoms with Crippen molar-refractivity contribution in [3.05, 3.63) is 42.7 Å². The first kappa shape index (κ1) is 21.3. The first-order chi connectivity index (χ1) is 13.9. The molecule has 0 saturated heterocycles. The second-order valence-electron chi connectivity index (χ2n) is 6.27. The van der Waals surface area contributed by atoms with Gasteiger partial charge in [-0.3, -0.25) is 14.6 Å². The number of amides is 2. The molecule has 3 rings (SSSR count). The number of sulfonamides is 1. The van der Waals surface area contributed by atoms with Gasteiger partial charge >= 0.3 is 0 Å². The number of fused-ring (bicyclic) bond motifs is 1. The SMILES string of the molecule is CCN(CC)S(=O)(=O)c1ccc2c(c1)N(CC(=O)Nc1ccncc1)C(=O)CS2. The van der Waals surface area contributed by atoms with Crippen molar-refractivity contribution in [2.24, 2.45) is 0 Å². The van der Waals surface area contributed by atoms with Crippen LogP contribution in [0.1, 0.15) is 13.8 Å². The van der Waals surface area contributed by atoms with Crippen LogP contribution in [-0.4, -0.2) is 54.9 Å². The standard InChI is InChI=1S/C19H22N4O4S2/c1-3-22(4-2)29(26,27)15-5-6-17-16(11-15)23(19(25)13-28-17)12-18(24)21-14-7-9-20-10-8-14/h5-11H,3-4,12-13H2,1-2H3,(H,20,21,24). The summed E-state index contributed by atoms with van der Waals surface area (Å²) in [6.07, 6.45) is 3.11. The van der Waals surface area contributed by atoms with Crippen molar-refractivity contribution < 1.29 is 18.0 Å². The Bertz CT molecular complexity index is 1010. The molecule has 0 radical (unpaired) electrons. The molecule has 8 nitrogen and oxygen atoms in total. The molecule has 1 N–H and O–H groups in total. The first-order valence-corrected chi connectivity index (χ1v) is 11.6. The van der Waals surface area contributed by atoms with Crippen LogP contribution in [0.2, 0.25) is 0 Å². The summed E-state index contributed by atoms with van der Waals surface area (Å²) < 4.78 is 27.1. The van der Waals surface area contributed by atoms with Crippen molar-refractivity contribution in [2.45, 2.75) is 23.6 Å². The van der Waals surface area contributed by atoms with Gasteiger partial charge in [-0.2, -0.15) is 4.31 Å². The van der Waals surface area contributed by atoms with Gasteiger partial charge < -0.3 is 10.2 Å². The number of benzene rings is 1. The van der Waals surface area contributed by atoms with Crippen LogP contribution >= 0.6 is 11.8 Å². The van der Waals surface area contributed by atoms with E-state index in [0.717, 1.165) is 4.90 Å². The second-order valence-corrected chi connectivity index (χ2v) is 9.23. The molecule has 1 aromatic carbocycles. The zero-order valence-electron chi connectivity index (χ0n) is 16.2. The monoisotopic (exact) mass is 434 g/mol. The molecule has 0 spiro atoms. The lowest BCUT2D eigenvalue weighted by Gasteiger charge is -2.29. The summed E-state index contributed by atoms with van der Waals surface area (Å²) in [6, 6.07) is 8.01. The van der Waals surface area contributed by atoms with Crippen molar-refractivity contribution in [3.8, 4) is 0 Å². The van der Waals surface area contributed by atoms with E-state index in [-0.39, 0.29) is 29.0 Å². The molecule has 0 aliphatic carbocycles. The van der Waals surface area contributed by atoms with Crippen molar-refractivity contribution in [1.82, 2.24) is 9.29 Å². The summed E-state index contributed by atoms with van der Waals surface area (Å²) in [4.78, 5) is 31.1. The molecule has 1 aliphatic rings. The Kier molecular flexibility index (Phi) is 6.56. The number of thioether (sulfide) groups is 1. The van der Waals surface area contributed by atoms with Crippen LogP contribution in [0.3, 0.4) is 0 Å². The van der Waals surface area contributed by atoms with E-state index < -0.39 is 10.0 Å². The largest absolute Gasteiger partial charge is 0.324 e. The molecule has 2 heterocycles. The third kappa shape index (κ3) is 4.60. The fraction of sp³-hybridized carbons (Fsp3) is 0.316. The van der Waals surface area contributed by atoms with Gasteiger partial charge in [-0.1, -0.05) is 13.8 Å². The Morgan fingerprint density at radius 1 is 1.21 bits per heavy atom. The predicted octanol–water partition coefficient (Wildman–Crippen LogP) is 2.19. The lowest BCUT2D eigenvalue weighted by atomic mass is 10.2. The number of hydrogen-bond donors (Lipinski definition) is 1. The summed E-state index contributed by atoms with van der Waals surface area (Å²) in [5, 5.41) is 2.72. The van der Waals surface area contributed by atoms with Gasteiger partial charge in [0.1, 0.15) is 6.54 Å². The Labute approximate surface area is 174 Å². The molecular weight excluding hydrogens is 412 g/mol. The van der Waals surface area contributed by atoms with Crippen molar-refractivity contribution in [2.75, 3.05) is 35.6 Å². The zero-order chi connectivity index (χ0) is 21.0. The Morgan fingerprint density at radius 2 is 1.90 bits per heavy atom. The number of carbonyl (C=O) groups is 2. The summed E-state index contributed by atoms with van der Waals surface area (Å²) in [6.45, 7) is 4.04. The summed E-state index contributed by atoms with van der Waals surface area (Å²) >= 11 is 1.33. The van der Waals surface area contributed by atoms with Crippen LogP contribution in [0, 0.1) is 0 Å². The minimum Gasteiger partial charge on any atom is -0.324 e. The fourth-order valence-corrected chi connectivity index (χ4v) is 5.40. The summed E-state index contributed by atoms with van der Waals surface area (Å²) in [5.74, 6) is -0.429. The number of carbonyl (C=O) groups excluding carboxylic acids is 2. The highest BCUT2D eigenvalue weighted by Gasteiger charge is 2.30. The Hall–Kier alpha value is -2.43. The normalized spacial score (nSPS) is 14.0. The van der Waals surface area contributed by atoms with Crippen molar-refractivity contribution >= 4 is 45.0 Å². The van der Waals surface area contributed by atoms with Gasteiger partial charge in [0, 0.05) is 36.1 Å². The second kappa shape index (κ2) is 8.93. The van der Waals surface area contributed by atoms with E-state index in [1.165, 1.54) is 27.0 Å². The van der Waals surface area contributed by atoms with E-state index in [1.807, 2.05) is 0 Å². The van der Waals surface area contributed by atoms with Crippen LogP contribution in [0.15, 0.2) is 52.5 Å². The van der Waals surface area contributed by atoms with Gasteiger partial charge in [-0.05, 0) is 30.3 Å². The molecule has 1 aliphatic heterocycles. The molecule has 0 saturated carbocycles. The fourth-order valence-electron chi connectivity index (χ4n) is 3.01. The lowest BCUT2D eigenvalue weighted by molar-refractivity contribution is -0.120. The average molecular weight is 435 g/mol. The molecule has 154 valence electrons. The van der Waals surface area contributed by atoms with E-state index in [9.17, 15) is 18.0 Å². The van der Waals surface area contributed by atoms with Crippen LogP contribution in [0.5, 0.6) is 0 Å². The molecule has 10 heteroatoms. The number of nitrogens with one attached hydrogen (secondary N) is 1. The maximum Gasteiger partial charge on any atom is 0.244 e. The van der Waals surface area contributed by atoms with Crippen LogP contribution in [0.25, 0.3) is 0 Å². The summed E-state index contributed by atoms with van der Waals surface area (Å²) in [7, 11) is -3.67. The van der Waals surface area contributed by atoms with E-state index >= 15 is 0 Å². The van der Waals surface area contributed by atoms with Crippen LogP contribution < -0.4 is 10.2 Å². The number of nitrogens with zero attached hydrogens (tertiary/aromatic N) is 3. The quantitative estimate of drug-likeness (QED) is 0.717. The average Bonchev–Trinajstić information content (AvgIpc) is 2.71. The summed E-state index contributed by atoms with van der Waals surface area (Å²) in [5.41, 5.74) is 1.01. The van der Waals surface area contributed by atoms with Crippen molar-refractivity contribution in [3.63, 3.8) is 0 Å². The van der Waals surface area contributed by atoms with Gasteiger partial charge in [0.15, 0.2) is 0 Å². The van der Waals surface area contributed by atoms with Crippen LogP contribution in [-0.2, 0) is 19.6 Å². The number of pyridine rings is 1. The van der Waals surface area contributed by atoms with Gasteiger partial charge in [0.2, 0.25) is 21.8 Å². The highest BCUT2D eigenvalue weighted by Crippen LogP contribution is 2.37. The van der Waals surface area contributed by atoms with E-state index in [4.69, 9.17) is 0 Å². The highest BCUT2D eigenvalue weighted by atomic mass is 32.2. The maximum atomic E-state index is 12.9. The van der Waals surface area contributed by atoms with Gasteiger partial charge in [0.25, 0.3) is 0 Å². The van der Waals surface area contributed by atoms with E-state index in [0.29, 0.717) is 24.5 Å². The topological polar surface area (TPSA) is 99.7 Å². The van der Waals surface area contributed by atoms with E-state index in [2.05, 4.69) is 10.3 Å². The minimum atomic E-state index is -3.67. The first-order valence-electron chi connectivity index (χ1n) is 9.14. The third-order valence-corrected chi connectivity index (χ3v) is 7.58. The van der Waals surface area contributed by atoms with Gasteiger partial charge in [0.05, 0.1) is 16.3 Å². The molecule has 2 amide bonds. The molecule has 0 unspecified atom stereocenters. The zero-order valence-corrected chi connectivity index (χ0v) is 17.8. The molecule has 0 fully saturated rings. The third-order valence-electron chi connectivity index (χ3n) is 4.48. The lowest BCUT2D eigenvalue weighted by Crippen LogP contribution is -2.41. The van der Waals surface area contributed by atoms with Crippen LogP contribution in [0.4, 0.5) is 11.4 Å². The van der Waals surface area contributed by atoms with Gasteiger partial charge in [-0.25, -0.2) is 8.42 Å². The number of hydrogen-bond acceptors (Lipinski definition) is 6. The molecular formula is C19H22N4O4S2. The molecule has 1 aromatic heterocycles. The minimum absolute atomic E-state index is 0.106. The molecule has 29 heavy (non-hydrogen) atoms. The highest BCUT2D eigenvalue weighted by molar-refractivity contribution is 8.00. The number of aromatic nitrogens is 1. The molecule has 0 bridgehead atoms. The number of rotatable bonds is 7. The smallest absolute Gasteiger partial charge is 0.244 e. The number of anilines is 2. The Morgan fingerprint density at radius 3 is 2.55 bits per heavy atom. The molecule has 2 aromatic rings. The van der Waals surface area contributed by atoms with E-state index in [1.54, 1.807) is 50.5 Å². The predicted molar refractivity (Wildman–Crippen MR) is 112 cm³/mol. The maximum absolute atomic E-state index is 12.9.